The molecule has 2 unspecified atom stereocenters. The quantitative estimate of drug-likeness (QED) is 0.699. The number of halogens is 4. The first-order valence-corrected chi connectivity index (χ1v) is 9.61. The topological polar surface area (TPSA) is 113 Å². The number of nitriles is 1. The number of aliphatic imine (C=N–C) groups is 1. The zero-order chi connectivity index (χ0) is 23.1. The van der Waals surface area contributed by atoms with E-state index in [9.17, 15) is 22.4 Å². The summed E-state index contributed by atoms with van der Waals surface area (Å²) in [4.78, 5) is 20.3. The third-order valence-electron chi connectivity index (χ3n) is 5.68. The number of fused-ring (bicyclic) bond motifs is 1. The van der Waals surface area contributed by atoms with E-state index >= 15 is 0 Å². The van der Waals surface area contributed by atoms with E-state index in [1.807, 2.05) is 6.07 Å². The fourth-order valence-corrected chi connectivity index (χ4v) is 4.22. The molecular formula is C21H17F4N5O2. The molecule has 2 heterocycles. The number of alkyl halides is 3. The van der Waals surface area contributed by atoms with E-state index < -0.39 is 60.7 Å². The maximum Gasteiger partial charge on any atom is 0.283 e. The van der Waals surface area contributed by atoms with Crippen molar-refractivity contribution < 1.29 is 27.1 Å². The minimum atomic E-state index is -3.14. The Morgan fingerprint density at radius 2 is 2.09 bits per heavy atom. The zero-order valence-electron chi connectivity index (χ0n) is 16.5. The average Bonchev–Trinajstić information content (AvgIpc) is 3.08. The van der Waals surface area contributed by atoms with Gasteiger partial charge in [0.2, 0.25) is 0 Å². The summed E-state index contributed by atoms with van der Waals surface area (Å²) >= 11 is 0. The number of hydrogen-bond acceptors (Lipinski definition) is 6. The molecule has 3 N–H and O–H groups in total. The van der Waals surface area contributed by atoms with Gasteiger partial charge >= 0.3 is 0 Å². The fraction of sp³-hybridized carbons (Fsp3) is 0.333. The van der Waals surface area contributed by atoms with Crippen LogP contribution >= 0.6 is 0 Å². The van der Waals surface area contributed by atoms with Crippen LogP contribution in [0.1, 0.15) is 34.5 Å². The molecule has 0 bridgehead atoms. The van der Waals surface area contributed by atoms with E-state index in [1.165, 1.54) is 24.4 Å². The maximum atomic E-state index is 14.8. The number of anilines is 1. The summed E-state index contributed by atoms with van der Waals surface area (Å²) < 4.78 is 62.7. The van der Waals surface area contributed by atoms with Crippen molar-refractivity contribution in [3.05, 3.63) is 59.2 Å². The number of nitrogens with two attached hydrogens (primary N) is 1. The first kappa shape index (κ1) is 21.5. The van der Waals surface area contributed by atoms with Gasteiger partial charge in [0.05, 0.1) is 5.56 Å². The van der Waals surface area contributed by atoms with Gasteiger partial charge in [0.25, 0.3) is 17.9 Å². The largest absolute Gasteiger partial charge is 0.461 e. The van der Waals surface area contributed by atoms with Gasteiger partial charge in [0, 0.05) is 36.2 Å². The van der Waals surface area contributed by atoms with Crippen molar-refractivity contribution in [2.75, 3.05) is 12.0 Å². The van der Waals surface area contributed by atoms with Crippen LogP contribution in [0.2, 0.25) is 0 Å². The van der Waals surface area contributed by atoms with Gasteiger partial charge in [-0.05, 0) is 30.3 Å². The molecule has 4 rings (SSSR count). The Hall–Kier alpha value is -3.68. The summed E-state index contributed by atoms with van der Waals surface area (Å²) in [5.74, 6) is -5.85. The second-order valence-corrected chi connectivity index (χ2v) is 7.73. The number of nitrogens with zero attached hydrogens (tertiary/aromatic N) is 3. The van der Waals surface area contributed by atoms with Gasteiger partial charge in [-0.25, -0.2) is 27.5 Å². The number of rotatable bonds is 4. The minimum Gasteiger partial charge on any atom is -0.461 e. The summed E-state index contributed by atoms with van der Waals surface area (Å²) in [5, 5.41) is 11.3. The van der Waals surface area contributed by atoms with Gasteiger partial charge < -0.3 is 15.8 Å². The van der Waals surface area contributed by atoms with Crippen molar-refractivity contribution in [3.8, 4) is 6.07 Å². The second kappa shape index (κ2) is 7.78. The highest BCUT2D eigenvalue weighted by molar-refractivity contribution is 6.02. The highest BCUT2D eigenvalue weighted by Crippen LogP contribution is 2.53. The molecule has 32 heavy (non-hydrogen) atoms. The molecule has 7 nitrogen and oxygen atoms in total. The monoisotopic (exact) mass is 447 g/mol. The SMILES string of the molecule is N#Cc1ccc(C(=O)Nc2ccc(F)c(C3(CF)N=C(N)O[C@H]4CC(F)(F)CC43)c2)nc1. The first-order valence-electron chi connectivity index (χ1n) is 9.61. The molecule has 1 fully saturated rings. The van der Waals surface area contributed by atoms with E-state index in [0.29, 0.717) is 0 Å². The van der Waals surface area contributed by atoms with Crippen LogP contribution < -0.4 is 11.1 Å². The highest BCUT2D eigenvalue weighted by atomic mass is 19.3. The molecule has 1 amide bonds. The second-order valence-electron chi connectivity index (χ2n) is 7.73. The van der Waals surface area contributed by atoms with E-state index in [1.54, 1.807) is 0 Å². The third-order valence-corrected chi connectivity index (χ3v) is 5.68. The smallest absolute Gasteiger partial charge is 0.283 e. The van der Waals surface area contributed by atoms with Gasteiger partial charge in [0.1, 0.15) is 35.9 Å². The molecule has 11 heteroatoms. The molecule has 0 radical (unpaired) electrons. The Labute approximate surface area is 179 Å². The molecule has 1 saturated carbocycles. The molecule has 1 aliphatic heterocycles. The lowest BCUT2D eigenvalue weighted by Gasteiger charge is -2.40. The number of aromatic nitrogens is 1. The molecular weight excluding hydrogens is 430 g/mol. The lowest BCUT2D eigenvalue weighted by atomic mass is 9.76. The van der Waals surface area contributed by atoms with Crippen LogP contribution in [-0.2, 0) is 10.3 Å². The number of hydrogen-bond donors (Lipinski definition) is 2. The number of carbonyl (C=O) groups is 1. The van der Waals surface area contributed by atoms with E-state index in [2.05, 4.69) is 15.3 Å². The lowest BCUT2D eigenvalue weighted by Crippen LogP contribution is -2.48. The van der Waals surface area contributed by atoms with Crippen LogP contribution in [0.25, 0.3) is 0 Å². The lowest BCUT2D eigenvalue weighted by molar-refractivity contribution is -0.00299. The Morgan fingerprint density at radius 3 is 2.75 bits per heavy atom. The predicted octanol–water partition coefficient (Wildman–Crippen LogP) is 3.27. The molecule has 0 saturated heterocycles. The van der Waals surface area contributed by atoms with Crippen molar-refractivity contribution in [3.63, 3.8) is 0 Å². The van der Waals surface area contributed by atoms with Crippen LogP contribution in [0.4, 0.5) is 23.2 Å². The Balaban J connectivity index is 1.70. The Bertz CT molecular complexity index is 1130. The van der Waals surface area contributed by atoms with Gasteiger partial charge in [0.15, 0.2) is 0 Å². The van der Waals surface area contributed by atoms with Gasteiger partial charge in [-0.1, -0.05) is 0 Å². The Kier molecular flexibility index (Phi) is 5.24. The molecule has 2 aromatic rings. The predicted molar refractivity (Wildman–Crippen MR) is 105 cm³/mol. The van der Waals surface area contributed by atoms with Crippen molar-refractivity contribution in [2.24, 2.45) is 16.6 Å². The minimum absolute atomic E-state index is 0.0149. The average molecular weight is 447 g/mol. The van der Waals surface area contributed by atoms with Crippen LogP contribution in [0.15, 0.2) is 41.5 Å². The summed E-state index contributed by atoms with van der Waals surface area (Å²) in [6.07, 6.45) is -1.34. The van der Waals surface area contributed by atoms with Gasteiger partial charge in [-0.15, -0.1) is 0 Å². The molecule has 1 aromatic carbocycles. The standard InChI is InChI=1S/C21H17F4N5O2/c22-10-21(14-6-20(24,25)7-17(14)32-19(27)30-21)13-5-12(2-3-15(13)23)29-18(31)16-4-1-11(8-26)9-28-16/h1-5,9,14,17H,6-7,10H2,(H2,27,30)(H,29,31)/t14?,17-,21?/m0/s1. The molecule has 1 aliphatic carbocycles. The number of ether oxygens (including phenoxy) is 1. The van der Waals surface area contributed by atoms with Crippen molar-refractivity contribution in [1.82, 2.24) is 4.98 Å². The summed E-state index contributed by atoms with van der Waals surface area (Å²) in [7, 11) is 0. The van der Waals surface area contributed by atoms with Gasteiger partial charge in [-0.2, -0.15) is 5.26 Å². The number of benzene rings is 1. The number of amidine groups is 1. The van der Waals surface area contributed by atoms with E-state index in [0.717, 1.165) is 12.1 Å². The van der Waals surface area contributed by atoms with Crippen molar-refractivity contribution in [1.29, 1.82) is 5.26 Å². The zero-order valence-corrected chi connectivity index (χ0v) is 16.5. The maximum absolute atomic E-state index is 14.8. The third kappa shape index (κ3) is 3.72. The number of nitrogens with one attached hydrogen (secondary N) is 1. The summed E-state index contributed by atoms with van der Waals surface area (Å²) in [5.41, 5.74) is 3.61. The van der Waals surface area contributed by atoms with Crippen LogP contribution in [-0.4, -0.2) is 35.6 Å². The molecule has 166 valence electrons. The molecule has 1 aromatic heterocycles. The van der Waals surface area contributed by atoms with Crippen LogP contribution in [0.3, 0.4) is 0 Å². The van der Waals surface area contributed by atoms with Crippen molar-refractivity contribution in [2.45, 2.75) is 30.4 Å². The molecule has 3 atom stereocenters. The molecule has 0 spiro atoms. The van der Waals surface area contributed by atoms with Crippen molar-refractivity contribution >= 4 is 17.6 Å². The fourth-order valence-electron chi connectivity index (χ4n) is 4.22. The normalized spacial score (nSPS) is 25.8. The Morgan fingerprint density at radius 1 is 1.31 bits per heavy atom. The number of pyridine rings is 1. The number of amides is 1. The number of carbonyl (C=O) groups excluding carboxylic acids is 1. The summed E-state index contributed by atoms with van der Waals surface area (Å²) in [6.45, 7) is -1.29. The highest BCUT2D eigenvalue weighted by Gasteiger charge is 2.60. The van der Waals surface area contributed by atoms with E-state index in [-0.39, 0.29) is 22.5 Å². The van der Waals surface area contributed by atoms with Crippen LogP contribution in [0, 0.1) is 23.1 Å². The molecule has 2 aliphatic rings. The van der Waals surface area contributed by atoms with Crippen LogP contribution in [0.5, 0.6) is 0 Å². The van der Waals surface area contributed by atoms with Gasteiger partial charge in [-0.3, -0.25) is 4.79 Å². The summed E-state index contributed by atoms with van der Waals surface area (Å²) in [6, 6.07) is 7.46. The first-order chi connectivity index (χ1) is 15.2. The van der Waals surface area contributed by atoms with E-state index in [4.69, 9.17) is 15.7 Å².